The molecule has 6 heteroatoms. The van der Waals surface area contributed by atoms with Gasteiger partial charge in [0, 0.05) is 49.0 Å². The highest BCUT2D eigenvalue weighted by atomic mass is 16.2. The van der Waals surface area contributed by atoms with Crippen molar-refractivity contribution in [2.45, 2.75) is 38.1 Å². The Labute approximate surface area is 152 Å². The fourth-order valence-electron chi connectivity index (χ4n) is 3.92. The maximum Gasteiger partial charge on any atom is 0.253 e. The van der Waals surface area contributed by atoms with Crippen molar-refractivity contribution < 1.29 is 4.79 Å². The molecule has 3 heterocycles. The maximum atomic E-state index is 12.8. The molecule has 1 aromatic carbocycles. The third-order valence-corrected chi connectivity index (χ3v) is 5.70. The van der Waals surface area contributed by atoms with Crippen LogP contribution in [0.4, 0.5) is 0 Å². The van der Waals surface area contributed by atoms with Crippen molar-refractivity contribution >= 4 is 16.8 Å². The second kappa shape index (κ2) is 6.27. The Balaban J connectivity index is 1.19. The minimum absolute atomic E-state index is 0.136. The zero-order valence-corrected chi connectivity index (χ0v) is 14.8. The number of piperidine rings is 1. The monoisotopic (exact) mass is 349 g/mol. The number of carbonyl (C=O) groups excluding carboxylic acids is 1. The lowest BCUT2D eigenvalue weighted by Gasteiger charge is -2.32. The summed E-state index contributed by atoms with van der Waals surface area (Å²) in [6.07, 6.45) is 8.58. The quantitative estimate of drug-likeness (QED) is 0.786. The van der Waals surface area contributed by atoms with Gasteiger partial charge in [-0.05, 0) is 55.2 Å². The van der Waals surface area contributed by atoms with Gasteiger partial charge in [0.25, 0.3) is 5.91 Å². The van der Waals surface area contributed by atoms with Crippen molar-refractivity contribution in [2.75, 3.05) is 13.1 Å². The molecule has 1 amide bonds. The maximum absolute atomic E-state index is 12.8. The van der Waals surface area contributed by atoms with Crippen LogP contribution in [0, 0.1) is 5.92 Å². The summed E-state index contributed by atoms with van der Waals surface area (Å²) >= 11 is 0. The van der Waals surface area contributed by atoms with Crippen molar-refractivity contribution in [3.63, 3.8) is 0 Å². The van der Waals surface area contributed by atoms with Gasteiger partial charge in [-0.25, -0.2) is 0 Å². The summed E-state index contributed by atoms with van der Waals surface area (Å²) in [4.78, 5) is 18.0. The molecule has 1 aliphatic carbocycles. The van der Waals surface area contributed by atoms with Crippen molar-refractivity contribution in [3.8, 4) is 0 Å². The fourth-order valence-corrected chi connectivity index (χ4v) is 3.92. The summed E-state index contributed by atoms with van der Waals surface area (Å²) in [6, 6.07) is 7.92. The number of fused-ring (bicyclic) bond motifs is 1. The molecule has 1 N–H and O–H groups in total. The number of benzene rings is 1. The minimum atomic E-state index is 0.136. The highest BCUT2D eigenvalue weighted by Gasteiger charge is 2.28. The molecule has 0 unspecified atom stereocenters. The van der Waals surface area contributed by atoms with E-state index in [1.807, 2.05) is 40.0 Å². The van der Waals surface area contributed by atoms with Crippen molar-refractivity contribution in [1.29, 1.82) is 0 Å². The van der Waals surface area contributed by atoms with Crippen LogP contribution in [-0.4, -0.2) is 43.9 Å². The lowest BCUT2D eigenvalue weighted by atomic mass is 9.96. The fraction of sp³-hybridized carbons (Fsp3) is 0.450. The topological polar surface area (TPSA) is 66.8 Å². The second-order valence-corrected chi connectivity index (χ2v) is 7.65. The molecule has 3 aromatic rings. The Hall–Kier alpha value is -2.63. The van der Waals surface area contributed by atoms with Gasteiger partial charge in [0.1, 0.15) is 0 Å². The number of likely N-dealkylation sites (tertiary alicyclic amines) is 1. The Kier molecular flexibility index (Phi) is 3.76. The van der Waals surface area contributed by atoms with Crippen molar-refractivity contribution in [2.24, 2.45) is 5.92 Å². The standard InChI is InChI=1S/C20H23N5O/c26-20(17-4-3-16-5-8-21-18(16)11-17)24-9-6-14(7-10-24)12-25-13-19(22-23-25)15-1-2-15/h3-5,8,11,13-15,21H,1-2,6-7,9-10,12H2. The number of H-pyrrole nitrogens is 1. The zero-order chi connectivity index (χ0) is 17.5. The molecule has 6 nitrogen and oxygen atoms in total. The van der Waals surface area contributed by atoms with E-state index in [1.165, 1.54) is 12.8 Å². The summed E-state index contributed by atoms with van der Waals surface area (Å²) in [5.74, 6) is 1.36. The summed E-state index contributed by atoms with van der Waals surface area (Å²) in [5.41, 5.74) is 2.93. The second-order valence-electron chi connectivity index (χ2n) is 7.65. The Morgan fingerprint density at radius 3 is 2.81 bits per heavy atom. The third-order valence-electron chi connectivity index (χ3n) is 5.70. The van der Waals surface area contributed by atoms with Gasteiger partial charge in [-0.3, -0.25) is 9.48 Å². The lowest BCUT2D eigenvalue weighted by molar-refractivity contribution is 0.0681. The molecule has 1 aliphatic heterocycles. The highest BCUT2D eigenvalue weighted by molar-refractivity contribution is 5.97. The first kappa shape index (κ1) is 15.6. The first-order valence-corrected chi connectivity index (χ1v) is 9.53. The molecule has 0 bridgehead atoms. The third kappa shape index (κ3) is 3.00. The van der Waals surface area contributed by atoms with Gasteiger partial charge < -0.3 is 9.88 Å². The normalized spacial score (nSPS) is 18.5. The molecule has 0 spiro atoms. The predicted octanol–water partition coefficient (Wildman–Crippen LogP) is 3.19. The number of hydrogen-bond acceptors (Lipinski definition) is 3. The summed E-state index contributed by atoms with van der Waals surface area (Å²) in [6.45, 7) is 2.54. The lowest BCUT2D eigenvalue weighted by Crippen LogP contribution is -2.39. The van der Waals surface area contributed by atoms with Crippen LogP contribution in [0.25, 0.3) is 10.9 Å². The van der Waals surface area contributed by atoms with E-state index in [-0.39, 0.29) is 5.91 Å². The van der Waals surface area contributed by atoms with Gasteiger partial charge in [-0.1, -0.05) is 11.3 Å². The van der Waals surface area contributed by atoms with Gasteiger partial charge in [0.05, 0.1) is 5.69 Å². The number of aromatic nitrogens is 4. The molecule has 2 aliphatic rings. The Bertz CT molecular complexity index is 930. The van der Waals surface area contributed by atoms with E-state index < -0.39 is 0 Å². The Morgan fingerprint density at radius 1 is 1.15 bits per heavy atom. The number of rotatable bonds is 4. The summed E-state index contributed by atoms with van der Waals surface area (Å²) in [5, 5.41) is 9.71. The average molecular weight is 349 g/mol. The van der Waals surface area contributed by atoms with Crippen LogP contribution in [-0.2, 0) is 6.54 Å². The van der Waals surface area contributed by atoms with E-state index in [1.54, 1.807) is 0 Å². The number of nitrogens with zero attached hydrogens (tertiary/aromatic N) is 4. The van der Waals surface area contributed by atoms with E-state index in [0.29, 0.717) is 11.8 Å². The minimum Gasteiger partial charge on any atom is -0.361 e. The number of nitrogens with one attached hydrogen (secondary N) is 1. The van der Waals surface area contributed by atoms with E-state index in [4.69, 9.17) is 0 Å². The molecule has 5 rings (SSSR count). The van der Waals surface area contributed by atoms with Gasteiger partial charge >= 0.3 is 0 Å². The van der Waals surface area contributed by atoms with E-state index >= 15 is 0 Å². The largest absolute Gasteiger partial charge is 0.361 e. The van der Waals surface area contributed by atoms with E-state index in [0.717, 1.165) is 54.6 Å². The number of hydrogen-bond donors (Lipinski definition) is 1. The summed E-state index contributed by atoms with van der Waals surface area (Å²) < 4.78 is 2.00. The molecular weight excluding hydrogens is 326 g/mol. The molecule has 2 fully saturated rings. The molecule has 0 radical (unpaired) electrons. The zero-order valence-electron chi connectivity index (χ0n) is 14.8. The summed E-state index contributed by atoms with van der Waals surface area (Å²) in [7, 11) is 0. The van der Waals surface area contributed by atoms with Gasteiger partial charge in [0.15, 0.2) is 0 Å². The van der Waals surface area contributed by atoms with Crippen LogP contribution in [0.3, 0.4) is 0 Å². The smallest absolute Gasteiger partial charge is 0.253 e. The van der Waals surface area contributed by atoms with E-state index in [2.05, 4.69) is 21.5 Å². The van der Waals surface area contributed by atoms with Gasteiger partial charge in [-0.15, -0.1) is 5.10 Å². The highest BCUT2D eigenvalue weighted by Crippen LogP contribution is 2.38. The molecule has 1 saturated heterocycles. The first-order valence-electron chi connectivity index (χ1n) is 9.53. The van der Waals surface area contributed by atoms with Crippen molar-refractivity contribution in [3.05, 3.63) is 47.9 Å². The average Bonchev–Trinajstić information content (AvgIpc) is 3.23. The first-order chi connectivity index (χ1) is 12.8. The molecule has 1 saturated carbocycles. The number of carbonyl (C=O) groups is 1. The molecule has 0 atom stereocenters. The van der Waals surface area contributed by atoms with Crippen LogP contribution in [0.2, 0.25) is 0 Å². The van der Waals surface area contributed by atoms with Gasteiger partial charge in [-0.2, -0.15) is 0 Å². The van der Waals surface area contributed by atoms with Crippen LogP contribution < -0.4 is 0 Å². The van der Waals surface area contributed by atoms with E-state index in [9.17, 15) is 4.79 Å². The predicted molar refractivity (Wildman–Crippen MR) is 98.9 cm³/mol. The number of aromatic amines is 1. The van der Waals surface area contributed by atoms with Crippen LogP contribution in [0.5, 0.6) is 0 Å². The molecule has 26 heavy (non-hydrogen) atoms. The van der Waals surface area contributed by atoms with Crippen LogP contribution >= 0.6 is 0 Å². The van der Waals surface area contributed by atoms with Gasteiger partial charge in [0.2, 0.25) is 0 Å². The molecular formula is C20H23N5O. The van der Waals surface area contributed by atoms with Crippen molar-refractivity contribution in [1.82, 2.24) is 24.9 Å². The van der Waals surface area contributed by atoms with Crippen LogP contribution in [0.15, 0.2) is 36.7 Å². The Morgan fingerprint density at radius 2 is 2.00 bits per heavy atom. The molecule has 134 valence electrons. The van der Waals surface area contributed by atoms with Crippen LogP contribution in [0.1, 0.15) is 47.7 Å². The number of amides is 1. The molecule has 2 aromatic heterocycles. The SMILES string of the molecule is O=C(c1ccc2cc[nH]c2c1)N1CCC(Cn2cc(C3CC3)nn2)CC1.